The van der Waals surface area contributed by atoms with Crippen molar-refractivity contribution in [3.05, 3.63) is 0 Å². The fourth-order valence-electron chi connectivity index (χ4n) is 0. The van der Waals surface area contributed by atoms with Crippen LogP contribution in [0.3, 0.4) is 0 Å². The molecular formula is C3H11ClN2OS. The molecule has 0 spiro atoms. The summed E-state index contributed by atoms with van der Waals surface area (Å²) in [6, 6.07) is -0.833. The molecule has 0 aromatic rings. The Morgan fingerprint density at radius 2 is 1.38 bits per heavy atom. The van der Waals surface area contributed by atoms with E-state index in [1.165, 1.54) is 0 Å². The molecule has 2 amide bonds. The highest BCUT2D eigenvalue weighted by atomic mass is 35.5. The molecule has 0 aromatic heterocycles. The fourth-order valence-corrected chi connectivity index (χ4v) is 0. The Morgan fingerprint density at radius 3 is 1.38 bits per heavy atom. The van der Waals surface area contributed by atoms with Gasteiger partial charge in [-0.3, -0.25) is 0 Å². The van der Waals surface area contributed by atoms with Crippen LogP contribution in [0.15, 0.2) is 0 Å². The van der Waals surface area contributed by atoms with Crippen LogP contribution in [0.1, 0.15) is 0 Å². The van der Waals surface area contributed by atoms with Gasteiger partial charge >= 0.3 is 6.03 Å². The molecule has 0 aliphatic carbocycles. The SMILES string of the molecule is CSC.Cl.NC(N)=O. The standard InChI is InChI=1S/C2H6S.CH4N2O.ClH/c1-3-2;2-1(3)4;/h1-2H3;(H4,2,3,4);1H. The number of carbonyl (C=O) groups is 1. The van der Waals surface area contributed by atoms with E-state index in [1.807, 2.05) is 12.5 Å². The third-order valence-corrected chi connectivity index (χ3v) is 0. The van der Waals surface area contributed by atoms with Crippen LogP contribution >= 0.6 is 24.2 Å². The maximum Gasteiger partial charge on any atom is 0.309 e. The zero-order chi connectivity index (χ0) is 6.28. The van der Waals surface area contributed by atoms with E-state index in [2.05, 4.69) is 11.5 Å². The summed E-state index contributed by atoms with van der Waals surface area (Å²) in [7, 11) is 0. The van der Waals surface area contributed by atoms with Crippen molar-refractivity contribution in [2.45, 2.75) is 0 Å². The summed E-state index contributed by atoms with van der Waals surface area (Å²) in [6.07, 6.45) is 4.08. The molecule has 0 aliphatic heterocycles. The molecule has 0 rings (SSSR count). The van der Waals surface area contributed by atoms with Crippen LogP contribution in [0.4, 0.5) is 4.79 Å². The van der Waals surface area contributed by atoms with Crippen LogP contribution in [-0.4, -0.2) is 18.5 Å². The first-order valence-corrected chi connectivity index (χ1v) is 3.23. The topological polar surface area (TPSA) is 69.1 Å². The van der Waals surface area contributed by atoms with Crippen molar-refractivity contribution in [1.29, 1.82) is 0 Å². The molecule has 0 aliphatic rings. The molecule has 0 fully saturated rings. The van der Waals surface area contributed by atoms with Crippen LogP contribution in [0.25, 0.3) is 0 Å². The number of amides is 2. The normalized spacial score (nSPS) is 5.25. The van der Waals surface area contributed by atoms with Crippen LogP contribution in [0.2, 0.25) is 0 Å². The predicted molar refractivity (Wildman–Crippen MR) is 40.5 cm³/mol. The van der Waals surface area contributed by atoms with Gasteiger partial charge in [0, 0.05) is 0 Å². The lowest BCUT2D eigenvalue weighted by Gasteiger charge is -1.62. The van der Waals surface area contributed by atoms with Gasteiger partial charge in [-0.2, -0.15) is 11.8 Å². The Kier molecular flexibility index (Phi) is 30.9. The van der Waals surface area contributed by atoms with Crippen LogP contribution < -0.4 is 11.5 Å². The number of urea groups is 1. The quantitative estimate of drug-likeness (QED) is 0.537. The van der Waals surface area contributed by atoms with Crippen LogP contribution in [0.5, 0.6) is 0 Å². The molecule has 0 saturated carbocycles. The zero-order valence-corrected chi connectivity index (χ0v) is 6.51. The van der Waals surface area contributed by atoms with Gasteiger partial charge < -0.3 is 11.5 Å². The number of thioether (sulfide) groups is 1. The Balaban J connectivity index is -0.0000000575. The van der Waals surface area contributed by atoms with Gasteiger partial charge in [0.05, 0.1) is 0 Å². The van der Waals surface area contributed by atoms with Crippen LogP contribution in [-0.2, 0) is 0 Å². The lowest BCUT2D eigenvalue weighted by Crippen LogP contribution is -2.18. The second-order valence-electron chi connectivity index (χ2n) is 0.811. The van der Waals surface area contributed by atoms with E-state index in [9.17, 15) is 0 Å². The second kappa shape index (κ2) is 15.8. The minimum Gasteiger partial charge on any atom is -0.352 e. The Morgan fingerprint density at radius 1 is 1.38 bits per heavy atom. The van der Waals surface area contributed by atoms with Gasteiger partial charge in [-0.05, 0) is 12.5 Å². The summed E-state index contributed by atoms with van der Waals surface area (Å²) in [6.45, 7) is 0. The third kappa shape index (κ3) is 17600. The van der Waals surface area contributed by atoms with Crippen molar-refractivity contribution in [3.63, 3.8) is 0 Å². The van der Waals surface area contributed by atoms with Gasteiger partial charge in [0.15, 0.2) is 0 Å². The van der Waals surface area contributed by atoms with E-state index in [-0.39, 0.29) is 12.4 Å². The molecule has 5 heteroatoms. The highest BCUT2D eigenvalue weighted by molar-refractivity contribution is 7.97. The smallest absolute Gasteiger partial charge is 0.309 e. The summed E-state index contributed by atoms with van der Waals surface area (Å²) in [5.41, 5.74) is 8.50. The Bertz CT molecular complexity index is 48.5. The average molecular weight is 159 g/mol. The fraction of sp³-hybridized carbons (Fsp3) is 0.667. The van der Waals surface area contributed by atoms with Gasteiger partial charge in [0.25, 0.3) is 0 Å². The second-order valence-corrected chi connectivity index (χ2v) is 1.63. The minimum absolute atomic E-state index is 0. The summed E-state index contributed by atoms with van der Waals surface area (Å²) >= 11 is 1.75. The van der Waals surface area contributed by atoms with E-state index in [1.54, 1.807) is 11.8 Å². The van der Waals surface area contributed by atoms with Crippen molar-refractivity contribution in [3.8, 4) is 0 Å². The van der Waals surface area contributed by atoms with Crippen molar-refractivity contribution < 1.29 is 4.79 Å². The molecule has 0 aromatic carbocycles. The number of halogens is 1. The summed E-state index contributed by atoms with van der Waals surface area (Å²) in [5, 5.41) is 0. The maximum absolute atomic E-state index is 9.00. The molecular weight excluding hydrogens is 148 g/mol. The number of hydrogen-bond donors (Lipinski definition) is 2. The molecule has 0 radical (unpaired) electrons. The third-order valence-electron chi connectivity index (χ3n) is 0. The Hall–Kier alpha value is -0.0900. The van der Waals surface area contributed by atoms with E-state index >= 15 is 0 Å². The minimum atomic E-state index is -0.833. The van der Waals surface area contributed by atoms with Crippen molar-refractivity contribution in [2.75, 3.05) is 12.5 Å². The maximum atomic E-state index is 9.00. The summed E-state index contributed by atoms with van der Waals surface area (Å²) in [5.74, 6) is 0. The first-order valence-electron chi connectivity index (χ1n) is 1.60. The number of carbonyl (C=O) groups excluding carboxylic acids is 1. The van der Waals surface area contributed by atoms with E-state index in [0.29, 0.717) is 0 Å². The van der Waals surface area contributed by atoms with Gasteiger partial charge in [-0.25, -0.2) is 4.79 Å². The monoisotopic (exact) mass is 158 g/mol. The van der Waals surface area contributed by atoms with Crippen molar-refractivity contribution in [2.24, 2.45) is 11.5 Å². The lowest BCUT2D eigenvalue weighted by molar-refractivity contribution is 0.256. The van der Waals surface area contributed by atoms with E-state index < -0.39 is 6.03 Å². The van der Waals surface area contributed by atoms with Crippen LogP contribution in [0, 0.1) is 0 Å². The van der Waals surface area contributed by atoms with Gasteiger partial charge in [0.1, 0.15) is 0 Å². The number of primary amides is 2. The van der Waals surface area contributed by atoms with Gasteiger partial charge in [0.2, 0.25) is 0 Å². The lowest BCUT2D eigenvalue weighted by atomic mass is 11.2. The molecule has 0 unspecified atom stereocenters. The summed E-state index contributed by atoms with van der Waals surface area (Å²) < 4.78 is 0. The van der Waals surface area contributed by atoms with E-state index in [0.717, 1.165) is 0 Å². The largest absolute Gasteiger partial charge is 0.352 e. The first-order chi connectivity index (χ1) is 3.15. The highest BCUT2D eigenvalue weighted by Gasteiger charge is 1.60. The van der Waals surface area contributed by atoms with Crippen molar-refractivity contribution >= 4 is 30.2 Å². The average Bonchev–Trinajstić information content (AvgIpc) is 1.33. The zero-order valence-electron chi connectivity index (χ0n) is 4.88. The molecule has 0 bridgehead atoms. The number of rotatable bonds is 0. The molecule has 0 atom stereocenters. The molecule has 52 valence electrons. The molecule has 0 heterocycles. The number of hydrogen-bond acceptors (Lipinski definition) is 2. The molecule has 3 nitrogen and oxygen atoms in total. The Labute approximate surface area is 59.6 Å². The highest BCUT2D eigenvalue weighted by Crippen LogP contribution is 1.70. The predicted octanol–water partition coefficient (Wildman–Crippen LogP) is 0.425. The first kappa shape index (κ1) is 15.7. The summed E-state index contributed by atoms with van der Waals surface area (Å²) in [4.78, 5) is 9.00. The van der Waals surface area contributed by atoms with E-state index in [4.69, 9.17) is 4.79 Å². The molecule has 8 heavy (non-hydrogen) atoms. The van der Waals surface area contributed by atoms with Crippen molar-refractivity contribution in [1.82, 2.24) is 0 Å². The van der Waals surface area contributed by atoms with Gasteiger partial charge in [-0.1, -0.05) is 0 Å². The number of nitrogens with two attached hydrogens (primary N) is 2. The molecule has 4 N–H and O–H groups in total. The molecule has 0 saturated heterocycles. The van der Waals surface area contributed by atoms with Gasteiger partial charge in [-0.15, -0.1) is 12.4 Å².